The van der Waals surface area contributed by atoms with Crippen LogP contribution in [0, 0.1) is 11.3 Å². The van der Waals surface area contributed by atoms with Gasteiger partial charge in [0.25, 0.3) is 0 Å². The van der Waals surface area contributed by atoms with Gasteiger partial charge in [-0.25, -0.2) is 0 Å². The first kappa shape index (κ1) is 13.9. The molecule has 2 unspecified atom stereocenters. The summed E-state index contributed by atoms with van der Waals surface area (Å²) in [6.07, 6.45) is -0.692. The monoisotopic (exact) mass is 217 g/mol. The molecule has 0 aromatic heterocycles. The fraction of sp³-hybridized carbons (Fsp3) is 0.800. The summed E-state index contributed by atoms with van der Waals surface area (Å²) in [4.78, 5) is 21.7. The normalized spacial score (nSPS) is 15.5. The third-order valence-corrected chi connectivity index (χ3v) is 2.23. The molecule has 0 spiro atoms. The summed E-state index contributed by atoms with van der Waals surface area (Å²) in [6.45, 7) is 6.89. The summed E-state index contributed by atoms with van der Waals surface area (Å²) in [6, 6.07) is 0. The summed E-state index contributed by atoms with van der Waals surface area (Å²) < 4.78 is 0. The van der Waals surface area contributed by atoms with Crippen molar-refractivity contribution in [2.45, 2.75) is 33.8 Å². The lowest BCUT2D eigenvalue weighted by atomic mass is 9.89. The number of carbonyl (C=O) groups excluding carboxylic acids is 1. The van der Waals surface area contributed by atoms with Gasteiger partial charge < -0.3 is 15.5 Å². The summed E-state index contributed by atoms with van der Waals surface area (Å²) >= 11 is 0. The van der Waals surface area contributed by atoms with Gasteiger partial charge in [0.2, 0.25) is 5.91 Å². The highest BCUT2D eigenvalue weighted by Gasteiger charge is 2.25. The quantitative estimate of drug-likeness (QED) is 0.588. The van der Waals surface area contributed by atoms with Crippen LogP contribution < -0.4 is 5.32 Å². The molecule has 0 radical (unpaired) electrons. The van der Waals surface area contributed by atoms with Gasteiger partial charge in [0.1, 0.15) is 5.92 Å². The van der Waals surface area contributed by atoms with Crippen molar-refractivity contribution < 1.29 is 19.8 Å². The number of hydrogen-bond donors (Lipinski definition) is 3. The van der Waals surface area contributed by atoms with E-state index in [1.54, 1.807) is 0 Å². The summed E-state index contributed by atoms with van der Waals surface area (Å²) in [5, 5.41) is 20.5. The Morgan fingerprint density at radius 2 is 1.80 bits per heavy atom. The summed E-state index contributed by atoms with van der Waals surface area (Å²) in [5.41, 5.74) is -0.334. The number of aliphatic hydroxyl groups is 1. The van der Waals surface area contributed by atoms with E-state index >= 15 is 0 Å². The van der Waals surface area contributed by atoms with E-state index in [1.807, 2.05) is 20.8 Å². The molecule has 0 aliphatic heterocycles. The van der Waals surface area contributed by atoms with Gasteiger partial charge in [-0.2, -0.15) is 0 Å². The largest absolute Gasteiger partial charge is 0.481 e. The van der Waals surface area contributed by atoms with Crippen LogP contribution in [0.1, 0.15) is 27.7 Å². The van der Waals surface area contributed by atoms with Gasteiger partial charge in [0.15, 0.2) is 0 Å². The second-order valence-corrected chi connectivity index (χ2v) is 4.69. The van der Waals surface area contributed by atoms with Crippen LogP contribution in [-0.2, 0) is 9.59 Å². The lowest BCUT2D eigenvalue weighted by Crippen LogP contribution is -2.42. The van der Waals surface area contributed by atoms with Crippen LogP contribution in [0.4, 0.5) is 0 Å². The van der Waals surface area contributed by atoms with Crippen molar-refractivity contribution in [2.75, 3.05) is 6.54 Å². The highest BCUT2D eigenvalue weighted by atomic mass is 16.4. The van der Waals surface area contributed by atoms with Crippen molar-refractivity contribution >= 4 is 11.9 Å². The second kappa shape index (κ2) is 5.11. The zero-order valence-electron chi connectivity index (χ0n) is 9.57. The Hall–Kier alpha value is -1.10. The Bertz CT molecular complexity index is 244. The first-order valence-electron chi connectivity index (χ1n) is 4.85. The molecule has 1 amide bonds. The molecule has 0 saturated carbocycles. The zero-order valence-corrected chi connectivity index (χ0v) is 9.57. The lowest BCUT2D eigenvalue weighted by molar-refractivity contribution is -0.146. The minimum Gasteiger partial charge on any atom is -0.481 e. The number of carboxylic acids is 1. The molecule has 0 saturated heterocycles. The molecular weight excluding hydrogens is 198 g/mol. The van der Waals surface area contributed by atoms with Gasteiger partial charge in [-0.05, 0) is 12.3 Å². The first-order valence-corrected chi connectivity index (χ1v) is 4.85. The van der Waals surface area contributed by atoms with E-state index in [-0.39, 0.29) is 12.0 Å². The molecule has 0 aliphatic rings. The van der Waals surface area contributed by atoms with Gasteiger partial charge in [-0.1, -0.05) is 20.8 Å². The number of hydrogen-bond acceptors (Lipinski definition) is 3. The van der Waals surface area contributed by atoms with Crippen LogP contribution >= 0.6 is 0 Å². The van der Waals surface area contributed by atoms with Crippen LogP contribution in [-0.4, -0.2) is 34.7 Å². The molecule has 5 heteroatoms. The number of nitrogens with one attached hydrogen (secondary N) is 1. The standard InChI is InChI=1S/C10H19NO4/c1-6(9(14)15)8(13)11-5-7(12)10(2,3)4/h6-7,12H,5H2,1-4H3,(H,11,13)(H,14,15). The molecule has 3 N–H and O–H groups in total. The average Bonchev–Trinajstić information content (AvgIpc) is 2.10. The van der Waals surface area contributed by atoms with Gasteiger partial charge in [0.05, 0.1) is 6.10 Å². The molecule has 0 bridgehead atoms. The first-order chi connectivity index (χ1) is 6.66. The number of aliphatic carboxylic acids is 1. The molecule has 0 heterocycles. The van der Waals surface area contributed by atoms with Gasteiger partial charge in [-0.15, -0.1) is 0 Å². The van der Waals surface area contributed by atoms with Crippen LogP contribution in [0.3, 0.4) is 0 Å². The van der Waals surface area contributed by atoms with E-state index in [0.29, 0.717) is 0 Å². The molecule has 15 heavy (non-hydrogen) atoms. The van der Waals surface area contributed by atoms with E-state index in [0.717, 1.165) is 0 Å². The van der Waals surface area contributed by atoms with Crippen LogP contribution in [0.5, 0.6) is 0 Å². The van der Waals surface area contributed by atoms with Crippen molar-refractivity contribution in [1.82, 2.24) is 5.32 Å². The van der Waals surface area contributed by atoms with Gasteiger partial charge >= 0.3 is 5.97 Å². The Labute approximate surface area is 89.5 Å². The fourth-order valence-electron chi connectivity index (χ4n) is 0.769. The highest BCUT2D eigenvalue weighted by Crippen LogP contribution is 2.18. The highest BCUT2D eigenvalue weighted by molar-refractivity contribution is 5.96. The molecule has 0 rings (SSSR count). The van der Waals surface area contributed by atoms with Crippen molar-refractivity contribution in [3.05, 3.63) is 0 Å². The van der Waals surface area contributed by atoms with Crippen LogP contribution in [0.2, 0.25) is 0 Å². The Balaban J connectivity index is 4.07. The molecule has 2 atom stereocenters. The number of rotatable bonds is 4. The molecular formula is C10H19NO4. The third-order valence-electron chi connectivity index (χ3n) is 2.23. The molecule has 0 fully saturated rings. The number of carboxylic acid groups (broad SMARTS) is 1. The number of aliphatic hydroxyl groups excluding tert-OH is 1. The van der Waals surface area contributed by atoms with Crippen LogP contribution in [0.15, 0.2) is 0 Å². The topological polar surface area (TPSA) is 86.6 Å². The predicted octanol–water partition coefficient (Wildman–Crippen LogP) is 0.230. The maximum Gasteiger partial charge on any atom is 0.315 e. The van der Waals surface area contributed by atoms with Crippen LogP contribution in [0.25, 0.3) is 0 Å². The Morgan fingerprint density at radius 3 is 2.13 bits per heavy atom. The van der Waals surface area contributed by atoms with Crippen molar-refractivity contribution in [2.24, 2.45) is 11.3 Å². The Kier molecular flexibility index (Phi) is 4.74. The number of amides is 1. The molecule has 0 aromatic rings. The minimum absolute atomic E-state index is 0.0694. The molecule has 0 aromatic carbocycles. The van der Waals surface area contributed by atoms with E-state index in [4.69, 9.17) is 5.11 Å². The second-order valence-electron chi connectivity index (χ2n) is 4.69. The predicted molar refractivity (Wildman–Crippen MR) is 55.3 cm³/mol. The smallest absolute Gasteiger partial charge is 0.315 e. The minimum atomic E-state index is -1.17. The summed E-state index contributed by atoms with van der Waals surface area (Å²) in [5.74, 6) is -2.83. The zero-order chi connectivity index (χ0) is 12.2. The third kappa shape index (κ3) is 4.78. The van der Waals surface area contributed by atoms with Crippen molar-refractivity contribution in [1.29, 1.82) is 0 Å². The maximum atomic E-state index is 11.2. The van der Waals surface area contributed by atoms with Crippen molar-refractivity contribution in [3.63, 3.8) is 0 Å². The number of carbonyl (C=O) groups is 2. The van der Waals surface area contributed by atoms with E-state index < -0.39 is 23.9 Å². The van der Waals surface area contributed by atoms with Crippen molar-refractivity contribution in [3.8, 4) is 0 Å². The van der Waals surface area contributed by atoms with Gasteiger partial charge in [0, 0.05) is 6.54 Å². The lowest BCUT2D eigenvalue weighted by Gasteiger charge is -2.26. The molecule has 0 aliphatic carbocycles. The fourth-order valence-corrected chi connectivity index (χ4v) is 0.769. The van der Waals surface area contributed by atoms with E-state index in [9.17, 15) is 14.7 Å². The van der Waals surface area contributed by atoms with Gasteiger partial charge in [-0.3, -0.25) is 9.59 Å². The average molecular weight is 217 g/mol. The van der Waals surface area contributed by atoms with E-state index in [2.05, 4.69) is 5.32 Å². The molecule has 5 nitrogen and oxygen atoms in total. The molecule has 88 valence electrons. The van der Waals surface area contributed by atoms with E-state index in [1.165, 1.54) is 6.92 Å². The Morgan fingerprint density at radius 1 is 1.33 bits per heavy atom. The maximum absolute atomic E-state index is 11.2. The SMILES string of the molecule is CC(C(=O)O)C(=O)NCC(O)C(C)(C)C. The summed E-state index contributed by atoms with van der Waals surface area (Å²) in [7, 11) is 0.